The minimum atomic E-state index is -4.03. The monoisotopic (exact) mass is 304 g/mol. The van der Waals surface area contributed by atoms with Crippen LogP contribution in [0.25, 0.3) is 0 Å². The van der Waals surface area contributed by atoms with Gasteiger partial charge in [0, 0.05) is 0 Å². The first-order chi connectivity index (χ1) is 9.82. The highest BCUT2D eigenvalue weighted by atomic mass is 32.2. The minimum Gasteiger partial charge on any atom is -0.350 e. The number of carbonyl (C=O) groups excluding carboxylic acids is 1. The number of aryl methyl sites for hydroxylation is 2. The lowest BCUT2D eigenvalue weighted by Gasteiger charge is -2.20. The first-order valence-electron chi connectivity index (χ1n) is 6.30. The summed E-state index contributed by atoms with van der Waals surface area (Å²) in [6.45, 7) is 3.66. The maximum Gasteiger partial charge on any atom is 0.333 e. The number of benzene rings is 2. The number of hydrogen-bond acceptors (Lipinski definition) is 3. The van der Waals surface area contributed by atoms with Gasteiger partial charge in [0.2, 0.25) is 0 Å². The summed E-state index contributed by atoms with van der Waals surface area (Å²) in [5.41, 5.74) is 7.26. The first kappa shape index (κ1) is 15.1. The van der Waals surface area contributed by atoms with Crippen LogP contribution in [0.2, 0.25) is 0 Å². The molecule has 2 N–H and O–H groups in total. The summed E-state index contributed by atoms with van der Waals surface area (Å²) in [5.74, 6) is 0. The summed E-state index contributed by atoms with van der Waals surface area (Å²) in [7, 11) is -4.03. The molecular weight excluding hydrogens is 288 g/mol. The molecule has 0 saturated carbocycles. The van der Waals surface area contributed by atoms with Crippen LogP contribution < -0.4 is 10.0 Å². The molecule has 5 nitrogen and oxygen atoms in total. The van der Waals surface area contributed by atoms with Crippen molar-refractivity contribution in [3.8, 4) is 0 Å². The van der Waals surface area contributed by atoms with E-state index in [4.69, 9.17) is 5.73 Å². The maximum atomic E-state index is 12.6. The lowest BCUT2D eigenvalue weighted by atomic mass is 10.2. The molecule has 2 aromatic carbocycles. The number of rotatable bonds is 3. The second kappa shape index (κ2) is 5.57. The number of nitrogens with zero attached hydrogens (tertiary/aromatic N) is 1. The maximum absolute atomic E-state index is 12.6. The molecule has 0 atom stereocenters. The quantitative estimate of drug-likeness (QED) is 0.946. The van der Waals surface area contributed by atoms with Gasteiger partial charge in [0.15, 0.2) is 0 Å². The molecule has 0 aromatic heterocycles. The molecule has 0 bridgehead atoms. The van der Waals surface area contributed by atoms with Crippen molar-refractivity contribution in [1.29, 1.82) is 0 Å². The summed E-state index contributed by atoms with van der Waals surface area (Å²) in [6.07, 6.45) is 0. The number of urea groups is 1. The van der Waals surface area contributed by atoms with Crippen molar-refractivity contribution in [3.05, 3.63) is 59.7 Å². The van der Waals surface area contributed by atoms with E-state index < -0.39 is 16.1 Å². The van der Waals surface area contributed by atoms with Gasteiger partial charge in [-0.3, -0.25) is 0 Å². The molecule has 0 unspecified atom stereocenters. The third-order valence-corrected chi connectivity index (χ3v) is 4.73. The highest BCUT2D eigenvalue weighted by Crippen LogP contribution is 2.24. The standard InChI is InChI=1S/C15H16N2O3S/c1-11-6-8-14(9-7-11)21(19,20)17(15(16)18)13-5-3-4-12(2)10-13/h3-10H,1-2H3,(H2,16,18). The second-order valence-electron chi connectivity index (χ2n) is 4.76. The van der Waals surface area contributed by atoms with Crippen LogP contribution in [0.5, 0.6) is 0 Å². The molecule has 0 saturated heterocycles. The van der Waals surface area contributed by atoms with E-state index in [1.807, 2.05) is 6.92 Å². The van der Waals surface area contributed by atoms with Crippen LogP contribution in [0.3, 0.4) is 0 Å². The van der Waals surface area contributed by atoms with Gasteiger partial charge in [0.05, 0.1) is 10.6 Å². The normalized spacial score (nSPS) is 11.1. The molecule has 0 fully saturated rings. The molecular formula is C15H16N2O3S. The number of hydrogen-bond donors (Lipinski definition) is 1. The average Bonchev–Trinajstić information content (AvgIpc) is 2.38. The molecule has 0 aliphatic heterocycles. The fourth-order valence-corrected chi connectivity index (χ4v) is 3.27. The van der Waals surface area contributed by atoms with Gasteiger partial charge in [-0.1, -0.05) is 29.8 Å². The highest BCUT2D eigenvalue weighted by Gasteiger charge is 2.29. The Bertz CT molecular complexity index is 768. The smallest absolute Gasteiger partial charge is 0.333 e. The minimum absolute atomic E-state index is 0.0217. The van der Waals surface area contributed by atoms with Crippen molar-refractivity contribution in [2.75, 3.05) is 4.31 Å². The zero-order chi connectivity index (χ0) is 15.6. The van der Waals surface area contributed by atoms with Crippen LogP contribution in [-0.4, -0.2) is 14.4 Å². The molecule has 21 heavy (non-hydrogen) atoms. The number of carbonyl (C=O) groups is 1. The second-order valence-corrected chi connectivity index (χ2v) is 6.55. The largest absolute Gasteiger partial charge is 0.350 e. The molecule has 6 heteroatoms. The molecule has 0 aliphatic rings. The van der Waals surface area contributed by atoms with Crippen LogP contribution in [0.1, 0.15) is 11.1 Å². The van der Waals surface area contributed by atoms with Crippen molar-refractivity contribution in [3.63, 3.8) is 0 Å². The van der Waals surface area contributed by atoms with Crippen molar-refractivity contribution in [2.45, 2.75) is 18.7 Å². The van der Waals surface area contributed by atoms with Crippen molar-refractivity contribution < 1.29 is 13.2 Å². The molecule has 0 aliphatic carbocycles. The molecule has 0 spiro atoms. The number of primary amides is 1. The van der Waals surface area contributed by atoms with Crippen LogP contribution in [-0.2, 0) is 10.0 Å². The van der Waals surface area contributed by atoms with Crippen LogP contribution in [0, 0.1) is 13.8 Å². The highest BCUT2D eigenvalue weighted by molar-refractivity contribution is 7.93. The summed E-state index contributed by atoms with van der Waals surface area (Å²) in [5, 5.41) is 0. The Labute approximate surface area is 124 Å². The predicted molar refractivity (Wildman–Crippen MR) is 81.6 cm³/mol. The van der Waals surface area contributed by atoms with E-state index in [1.54, 1.807) is 37.3 Å². The van der Waals surface area contributed by atoms with Crippen LogP contribution in [0.15, 0.2) is 53.4 Å². The summed E-state index contributed by atoms with van der Waals surface area (Å²) < 4.78 is 25.9. The molecule has 0 heterocycles. The Morgan fingerprint density at radius 3 is 2.14 bits per heavy atom. The predicted octanol–water partition coefficient (Wildman–Crippen LogP) is 2.58. The zero-order valence-corrected chi connectivity index (χ0v) is 12.6. The fraction of sp³-hybridized carbons (Fsp3) is 0.133. The first-order valence-corrected chi connectivity index (χ1v) is 7.74. The summed E-state index contributed by atoms with van der Waals surface area (Å²) in [4.78, 5) is 11.7. The third kappa shape index (κ3) is 3.05. The molecule has 2 aromatic rings. The van der Waals surface area contributed by atoms with Gasteiger partial charge in [-0.05, 0) is 43.7 Å². The molecule has 110 valence electrons. The third-order valence-electron chi connectivity index (χ3n) is 3.00. The van der Waals surface area contributed by atoms with Gasteiger partial charge >= 0.3 is 6.03 Å². The fourth-order valence-electron chi connectivity index (χ4n) is 1.95. The number of sulfonamides is 1. The molecule has 2 amide bonds. The SMILES string of the molecule is Cc1ccc(S(=O)(=O)N(C(N)=O)c2cccc(C)c2)cc1. The van der Waals surface area contributed by atoms with E-state index in [0.717, 1.165) is 11.1 Å². The Balaban J connectivity index is 2.57. The molecule has 0 radical (unpaired) electrons. The van der Waals surface area contributed by atoms with E-state index in [9.17, 15) is 13.2 Å². The Morgan fingerprint density at radius 1 is 1.00 bits per heavy atom. The average molecular weight is 304 g/mol. The summed E-state index contributed by atoms with van der Waals surface area (Å²) >= 11 is 0. The van der Waals surface area contributed by atoms with Crippen molar-refractivity contribution >= 4 is 21.7 Å². The van der Waals surface area contributed by atoms with Gasteiger partial charge in [-0.2, -0.15) is 4.31 Å². The summed E-state index contributed by atoms with van der Waals surface area (Å²) in [6, 6.07) is 11.8. The van der Waals surface area contributed by atoms with Gasteiger partial charge in [-0.25, -0.2) is 13.2 Å². The number of nitrogens with two attached hydrogens (primary N) is 1. The number of amides is 2. The van der Waals surface area contributed by atoms with Gasteiger partial charge < -0.3 is 5.73 Å². The Hall–Kier alpha value is -2.34. The van der Waals surface area contributed by atoms with E-state index >= 15 is 0 Å². The van der Waals surface area contributed by atoms with Crippen molar-refractivity contribution in [2.24, 2.45) is 5.73 Å². The van der Waals surface area contributed by atoms with Gasteiger partial charge in [0.1, 0.15) is 0 Å². The molecule has 2 rings (SSSR count). The Morgan fingerprint density at radius 2 is 1.62 bits per heavy atom. The number of anilines is 1. The van der Waals surface area contributed by atoms with Crippen LogP contribution in [0.4, 0.5) is 10.5 Å². The lowest BCUT2D eigenvalue weighted by molar-refractivity contribution is 0.257. The Kier molecular flexibility index (Phi) is 3.99. The topological polar surface area (TPSA) is 80.5 Å². The van der Waals surface area contributed by atoms with E-state index in [1.165, 1.54) is 18.2 Å². The van der Waals surface area contributed by atoms with Gasteiger partial charge in [-0.15, -0.1) is 0 Å². The van der Waals surface area contributed by atoms with E-state index in [-0.39, 0.29) is 10.6 Å². The van der Waals surface area contributed by atoms with Gasteiger partial charge in [0.25, 0.3) is 10.0 Å². The van der Waals surface area contributed by atoms with E-state index in [2.05, 4.69) is 0 Å². The van der Waals surface area contributed by atoms with E-state index in [0.29, 0.717) is 4.31 Å². The van der Waals surface area contributed by atoms with Crippen LogP contribution >= 0.6 is 0 Å². The van der Waals surface area contributed by atoms with Crippen molar-refractivity contribution in [1.82, 2.24) is 0 Å². The zero-order valence-electron chi connectivity index (χ0n) is 11.8. The lowest BCUT2D eigenvalue weighted by Crippen LogP contribution is -2.40.